The average molecular weight is 253 g/mol. The summed E-state index contributed by atoms with van der Waals surface area (Å²) < 4.78 is 0. The lowest BCUT2D eigenvalue weighted by atomic mass is 9.92. The van der Waals surface area contributed by atoms with E-state index in [1.807, 2.05) is 18.7 Å². The second-order valence-corrected chi connectivity index (χ2v) is 5.10. The topological polar surface area (TPSA) is 57.6 Å². The molecule has 0 aromatic rings. The molecule has 18 heavy (non-hydrogen) atoms. The van der Waals surface area contributed by atoms with E-state index in [1.165, 1.54) is 0 Å². The quantitative estimate of drug-likeness (QED) is 0.740. The molecular weight excluding hydrogens is 230 g/mol. The normalized spacial score (nSPS) is 18.9. The van der Waals surface area contributed by atoms with E-state index < -0.39 is 5.97 Å². The first-order valence-corrected chi connectivity index (χ1v) is 6.69. The molecule has 1 N–H and O–H groups in total. The summed E-state index contributed by atoms with van der Waals surface area (Å²) in [6.07, 6.45) is 7.55. The Morgan fingerprint density at radius 3 is 2.61 bits per heavy atom. The zero-order valence-corrected chi connectivity index (χ0v) is 11.3. The fraction of sp³-hybridized carbons (Fsp3) is 0.714. The molecule has 1 unspecified atom stereocenters. The number of carbonyl (C=O) groups is 2. The van der Waals surface area contributed by atoms with Crippen molar-refractivity contribution < 1.29 is 14.7 Å². The predicted octanol–water partition coefficient (Wildman–Crippen LogP) is 2.44. The van der Waals surface area contributed by atoms with Crippen molar-refractivity contribution in [1.29, 1.82) is 0 Å². The molecule has 1 aliphatic rings. The van der Waals surface area contributed by atoms with Gasteiger partial charge in [0.05, 0.1) is 0 Å². The van der Waals surface area contributed by atoms with Crippen LogP contribution >= 0.6 is 0 Å². The van der Waals surface area contributed by atoms with Gasteiger partial charge in [-0.3, -0.25) is 9.59 Å². The average Bonchev–Trinajstić information content (AvgIpc) is 2.34. The van der Waals surface area contributed by atoms with Crippen LogP contribution in [0.5, 0.6) is 0 Å². The van der Waals surface area contributed by atoms with Crippen LogP contribution in [-0.4, -0.2) is 34.5 Å². The highest BCUT2D eigenvalue weighted by Gasteiger charge is 2.25. The predicted molar refractivity (Wildman–Crippen MR) is 70.2 cm³/mol. The van der Waals surface area contributed by atoms with Crippen LogP contribution in [0.25, 0.3) is 0 Å². The Labute approximate surface area is 109 Å². The van der Waals surface area contributed by atoms with Gasteiger partial charge in [-0.1, -0.05) is 12.2 Å². The molecule has 0 heterocycles. The lowest BCUT2D eigenvalue weighted by Gasteiger charge is -2.31. The van der Waals surface area contributed by atoms with Gasteiger partial charge in [-0.2, -0.15) is 0 Å². The van der Waals surface area contributed by atoms with Crippen molar-refractivity contribution in [3.8, 4) is 0 Å². The maximum atomic E-state index is 12.4. The minimum Gasteiger partial charge on any atom is -0.481 e. The minimum absolute atomic E-state index is 0.0854. The number of amides is 1. The molecule has 1 aliphatic carbocycles. The van der Waals surface area contributed by atoms with Crippen molar-refractivity contribution in [3.05, 3.63) is 12.2 Å². The fourth-order valence-electron chi connectivity index (χ4n) is 2.28. The zero-order valence-electron chi connectivity index (χ0n) is 11.3. The smallest absolute Gasteiger partial charge is 0.303 e. The number of nitrogens with zero attached hydrogens (tertiary/aromatic N) is 1. The largest absolute Gasteiger partial charge is 0.481 e. The molecule has 1 atom stereocenters. The third-order valence-corrected chi connectivity index (χ3v) is 3.31. The summed E-state index contributed by atoms with van der Waals surface area (Å²) in [6, 6.07) is 0.136. The Bertz CT molecular complexity index is 323. The molecule has 1 amide bonds. The van der Waals surface area contributed by atoms with Crippen molar-refractivity contribution in [2.24, 2.45) is 5.92 Å². The number of rotatable bonds is 6. The van der Waals surface area contributed by atoms with Gasteiger partial charge in [0.2, 0.25) is 5.91 Å². The number of hydrogen-bond donors (Lipinski definition) is 1. The Hall–Kier alpha value is -1.32. The molecule has 0 radical (unpaired) electrons. The lowest BCUT2D eigenvalue weighted by molar-refractivity contribution is -0.140. The van der Waals surface area contributed by atoms with E-state index in [0.717, 1.165) is 19.3 Å². The van der Waals surface area contributed by atoms with Gasteiger partial charge >= 0.3 is 5.97 Å². The Morgan fingerprint density at radius 2 is 2.11 bits per heavy atom. The molecule has 0 saturated heterocycles. The third-order valence-electron chi connectivity index (χ3n) is 3.31. The standard InChI is InChI=1S/C14H23NO3/c1-11(2)15(10-6-9-13(16)17)14(18)12-7-4-3-5-8-12/h3-4,11-12H,5-10H2,1-2H3,(H,16,17). The van der Waals surface area contributed by atoms with Crippen molar-refractivity contribution in [1.82, 2.24) is 4.90 Å². The van der Waals surface area contributed by atoms with E-state index in [2.05, 4.69) is 12.2 Å². The first-order chi connectivity index (χ1) is 8.52. The number of allylic oxidation sites excluding steroid dienone is 2. The summed E-state index contributed by atoms with van der Waals surface area (Å²) in [6.45, 7) is 4.51. The summed E-state index contributed by atoms with van der Waals surface area (Å²) in [4.78, 5) is 24.7. The van der Waals surface area contributed by atoms with E-state index in [4.69, 9.17) is 5.11 Å². The third kappa shape index (κ3) is 4.51. The second-order valence-electron chi connectivity index (χ2n) is 5.10. The fourth-order valence-corrected chi connectivity index (χ4v) is 2.28. The van der Waals surface area contributed by atoms with Crippen LogP contribution in [0.1, 0.15) is 46.0 Å². The number of carboxylic acids is 1. The molecule has 0 bridgehead atoms. The van der Waals surface area contributed by atoms with Crippen molar-refractivity contribution in [3.63, 3.8) is 0 Å². The van der Waals surface area contributed by atoms with Crippen LogP contribution in [-0.2, 0) is 9.59 Å². The molecule has 1 rings (SSSR count). The van der Waals surface area contributed by atoms with Gasteiger partial charge in [0.15, 0.2) is 0 Å². The second kappa shape index (κ2) is 7.19. The van der Waals surface area contributed by atoms with Gasteiger partial charge in [0, 0.05) is 24.9 Å². The number of aliphatic carboxylic acids is 1. The molecule has 4 nitrogen and oxygen atoms in total. The van der Waals surface area contributed by atoms with Crippen molar-refractivity contribution >= 4 is 11.9 Å². The summed E-state index contributed by atoms with van der Waals surface area (Å²) in [5, 5.41) is 8.64. The molecule has 0 aromatic heterocycles. The van der Waals surface area contributed by atoms with Crippen LogP contribution in [0.15, 0.2) is 12.2 Å². The first kappa shape index (κ1) is 14.7. The van der Waals surface area contributed by atoms with E-state index in [1.54, 1.807) is 0 Å². The molecule has 0 aromatic carbocycles. The lowest BCUT2D eigenvalue weighted by Crippen LogP contribution is -2.41. The van der Waals surface area contributed by atoms with E-state index in [0.29, 0.717) is 13.0 Å². The molecule has 4 heteroatoms. The van der Waals surface area contributed by atoms with Crippen molar-refractivity contribution in [2.45, 2.75) is 52.0 Å². The van der Waals surface area contributed by atoms with E-state index >= 15 is 0 Å². The van der Waals surface area contributed by atoms with Crippen LogP contribution in [0.3, 0.4) is 0 Å². The number of hydrogen-bond acceptors (Lipinski definition) is 2. The summed E-state index contributed by atoms with van der Waals surface area (Å²) in [5.74, 6) is -0.534. The van der Waals surface area contributed by atoms with Gasteiger partial charge in [0.25, 0.3) is 0 Å². The van der Waals surface area contributed by atoms with Crippen molar-refractivity contribution in [2.75, 3.05) is 6.54 Å². The van der Waals surface area contributed by atoms with Gasteiger partial charge in [-0.05, 0) is 39.5 Å². The Morgan fingerprint density at radius 1 is 1.39 bits per heavy atom. The molecule has 0 spiro atoms. The van der Waals surface area contributed by atoms with E-state index in [9.17, 15) is 9.59 Å². The molecule has 0 fully saturated rings. The highest BCUT2D eigenvalue weighted by molar-refractivity contribution is 5.79. The summed E-state index contributed by atoms with van der Waals surface area (Å²) in [7, 11) is 0. The molecule has 102 valence electrons. The molecule has 0 saturated carbocycles. The first-order valence-electron chi connectivity index (χ1n) is 6.69. The molecular formula is C14H23NO3. The Kier molecular flexibility index (Phi) is 5.89. The molecule has 0 aliphatic heterocycles. The highest BCUT2D eigenvalue weighted by atomic mass is 16.4. The Balaban J connectivity index is 2.52. The summed E-state index contributed by atoms with van der Waals surface area (Å²) >= 11 is 0. The van der Waals surface area contributed by atoms with Gasteiger partial charge < -0.3 is 10.0 Å². The van der Waals surface area contributed by atoms with Crippen LogP contribution in [0.4, 0.5) is 0 Å². The highest BCUT2D eigenvalue weighted by Crippen LogP contribution is 2.21. The number of carboxylic acid groups (broad SMARTS) is 1. The van der Waals surface area contributed by atoms with Crippen LogP contribution in [0, 0.1) is 5.92 Å². The maximum absolute atomic E-state index is 12.4. The SMILES string of the molecule is CC(C)N(CCCC(=O)O)C(=O)C1CC=CCC1. The monoisotopic (exact) mass is 253 g/mol. The van der Waals surface area contributed by atoms with Gasteiger partial charge in [-0.15, -0.1) is 0 Å². The van der Waals surface area contributed by atoms with Gasteiger partial charge in [-0.25, -0.2) is 0 Å². The zero-order chi connectivity index (χ0) is 13.5. The van der Waals surface area contributed by atoms with E-state index in [-0.39, 0.29) is 24.3 Å². The minimum atomic E-state index is -0.799. The maximum Gasteiger partial charge on any atom is 0.303 e. The van der Waals surface area contributed by atoms with Crippen LogP contribution in [0.2, 0.25) is 0 Å². The van der Waals surface area contributed by atoms with Gasteiger partial charge in [0.1, 0.15) is 0 Å². The summed E-state index contributed by atoms with van der Waals surface area (Å²) in [5.41, 5.74) is 0. The number of carbonyl (C=O) groups excluding carboxylic acids is 1. The van der Waals surface area contributed by atoms with Crippen LogP contribution < -0.4 is 0 Å².